The van der Waals surface area contributed by atoms with E-state index in [4.69, 9.17) is 9.47 Å². The smallest absolute Gasteiger partial charge is 0.220 e. The second-order valence-electron chi connectivity index (χ2n) is 27.9. The van der Waals surface area contributed by atoms with Gasteiger partial charge in [-0.15, -0.1) is 0 Å². The largest absolute Gasteiger partial charge is 0.394 e. The van der Waals surface area contributed by atoms with Gasteiger partial charge in [0.15, 0.2) is 6.29 Å². The van der Waals surface area contributed by atoms with Gasteiger partial charge < -0.3 is 40.3 Å². The van der Waals surface area contributed by atoms with E-state index < -0.39 is 49.5 Å². The van der Waals surface area contributed by atoms with E-state index in [0.29, 0.717) is 12.8 Å². The van der Waals surface area contributed by atoms with Crippen LogP contribution in [0.3, 0.4) is 0 Å². The van der Waals surface area contributed by atoms with E-state index >= 15 is 0 Å². The lowest BCUT2D eigenvalue weighted by Crippen LogP contribution is -2.60. The van der Waals surface area contributed by atoms with Gasteiger partial charge in [0.25, 0.3) is 0 Å². The molecule has 1 rings (SSSR count). The van der Waals surface area contributed by atoms with Gasteiger partial charge in [0.2, 0.25) is 5.91 Å². The number of unbranched alkanes of at least 4 members (excludes halogenated alkanes) is 61. The summed E-state index contributed by atoms with van der Waals surface area (Å²) in [6.45, 7) is 3.92. The number of hydrogen-bond donors (Lipinski definition) is 6. The predicted octanol–water partition coefficient (Wildman–Crippen LogP) is 22.0. The Bertz CT molecular complexity index is 1320. The Morgan fingerprint density at radius 3 is 0.826 bits per heavy atom. The number of ether oxygens (including phenoxy) is 2. The predicted molar refractivity (Wildman–Crippen MR) is 369 cm³/mol. The summed E-state index contributed by atoms with van der Waals surface area (Å²) in [5.74, 6) is -0.132. The molecule has 0 spiro atoms. The maximum Gasteiger partial charge on any atom is 0.220 e. The van der Waals surface area contributed by atoms with Crippen molar-refractivity contribution in [3.63, 3.8) is 0 Å². The molecule has 6 N–H and O–H groups in total. The zero-order chi connectivity index (χ0) is 62.1. The molecule has 0 bridgehead atoms. The van der Waals surface area contributed by atoms with Crippen LogP contribution in [0.5, 0.6) is 0 Å². The number of aliphatic hydroxyl groups is 5. The summed E-state index contributed by atoms with van der Waals surface area (Å²) < 4.78 is 11.4. The maximum atomic E-state index is 13.2. The molecule has 1 amide bonds. The molecular weight excluding hydrogens is 1070 g/mol. The number of nitrogens with one attached hydrogen (secondary N) is 1. The van der Waals surface area contributed by atoms with Crippen LogP contribution >= 0.6 is 0 Å². The highest BCUT2D eigenvalue weighted by molar-refractivity contribution is 5.76. The lowest BCUT2D eigenvalue weighted by atomic mass is 9.99. The number of aliphatic hydroxyl groups excluding tert-OH is 5. The van der Waals surface area contributed by atoms with Crippen molar-refractivity contribution in [2.24, 2.45) is 0 Å². The summed E-state index contributed by atoms with van der Waals surface area (Å²) in [6, 6.07) is -0.716. The van der Waals surface area contributed by atoms with Crippen LogP contribution in [0.15, 0.2) is 0 Å². The summed E-state index contributed by atoms with van der Waals surface area (Å²) in [4.78, 5) is 13.2. The molecule has 0 aliphatic carbocycles. The Kier molecular flexibility index (Phi) is 64.9. The third-order valence-corrected chi connectivity index (χ3v) is 19.5. The number of carbonyl (C=O) groups excluding carboxylic acids is 1. The van der Waals surface area contributed by atoms with Crippen molar-refractivity contribution in [3.05, 3.63) is 0 Å². The Hall–Kier alpha value is -0.810. The minimum atomic E-state index is -1.55. The minimum Gasteiger partial charge on any atom is -0.394 e. The summed E-state index contributed by atoms with van der Waals surface area (Å²) in [7, 11) is 0. The Morgan fingerprint density at radius 1 is 0.349 bits per heavy atom. The number of hydrogen-bond acceptors (Lipinski definition) is 8. The van der Waals surface area contributed by atoms with Gasteiger partial charge in [-0.25, -0.2) is 0 Å². The topological polar surface area (TPSA) is 149 Å². The van der Waals surface area contributed by atoms with E-state index in [0.717, 1.165) is 38.5 Å². The molecule has 1 aliphatic rings. The monoisotopic (exact) mass is 1220 g/mol. The average Bonchev–Trinajstić information content (AvgIpc) is 2.33. The standard InChI is InChI=1S/C77H153NO8/c1-3-5-7-9-11-13-15-17-19-21-23-25-27-29-31-33-35-37-38-40-42-44-46-48-50-52-54-56-58-60-62-64-66-71(80)70(69-85-77-76(84)75(83)74(82)72(68-79)86-77)78-73(81)67-65-63-61-59-57-55-53-51-49-47-45-43-41-39-36-34-32-30-28-26-24-22-20-18-16-14-12-10-8-6-4-2/h70-72,74-77,79-80,82-84H,3-69H2,1-2H3,(H,78,81). The van der Waals surface area contributed by atoms with Gasteiger partial charge in [0.05, 0.1) is 25.4 Å². The van der Waals surface area contributed by atoms with Crippen LogP contribution in [0.2, 0.25) is 0 Å². The molecule has 514 valence electrons. The molecule has 0 radical (unpaired) electrons. The lowest BCUT2D eigenvalue weighted by Gasteiger charge is -2.40. The van der Waals surface area contributed by atoms with Crippen molar-refractivity contribution in [2.45, 2.75) is 474 Å². The Labute approximate surface area is 535 Å². The van der Waals surface area contributed by atoms with Gasteiger partial charge in [-0.2, -0.15) is 0 Å². The van der Waals surface area contributed by atoms with E-state index in [9.17, 15) is 30.3 Å². The third kappa shape index (κ3) is 54.9. The first-order valence-electron chi connectivity index (χ1n) is 39.2. The molecule has 9 nitrogen and oxygen atoms in total. The molecule has 1 heterocycles. The molecule has 7 atom stereocenters. The van der Waals surface area contributed by atoms with Crippen LogP contribution in [0.1, 0.15) is 431 Å². The Morgan fingerprint density at radius 2 is 0.581 bits per heavy atom. The highest BCUT2D eigenvalue weighted by Gasteiger charge is 2.44. The molecule has 0 saturated carbocycles. The number of carbonyl (C=O) groups is 1. The van der Waals surface area contributed by atoms with Crippen molar-refractivity contribution >= 4 is 5.91 Å². The fraction of sp³-hybridized carbons (Fsp3) is 0.987. The summed E-state index contributed by atoms with van der Waals surface area (Å²) in [5, 5.41) is 55.1. The van der Waals surface area contributed by atoms with Gasteiger partial charge in [-0.1, -0.05) is 412 Å². The Balaban J connectivity index is 2.05. The third-order valence-electron chi connectivity index (χ3n) is 19.5. The molecule has 0 aromatic rings. The average molecular weight is 1220 g/mol. The quantitative estimate of drug-likeness (QED) is 0.0330. The molecule has 9 heteroatoms. The second-order valence-corrected chi connectivity index (χ2v) is 27.9. The van der Waals surface area contributed by atoms with Crippen molar-refractivity contribution in [1.29, 1.82) is 0 Å². The first-order valence-corrected chi connectivity index (χ1v) is 39.2. The van der Waals surface area contributed by atoms with Crippen LogP contribution in [0.25, 0.3) is 0 Å². The first-order chi connectivity index (χ1) is 42.3. The molecule has 1 saturated heterocycles. The van der Waals surface area contributed by atoms with Gasteiger partial charge in [-0.05, 0) is 12.8 Å². The van der Waals surface area contributed by atoms with Crippen molar-refractivity contribution in [1.82, 2.24) is 5.32 Å². The summed E-state index contributed by atoms with van der Waals surface area (Å²) in [6.07, 6.45) is 79.3. The minimum absolute atomic E-state index is 0.130. The van der Waals surface area contributed by atoms with E-state index in [2.05, 4.69) is 19.2 Å². The SMILES string of the molecule is CCCCCCCCCCCCCCCCCCCCCCCCCCCCCCCCCCC(O)C(COC1OC(CO)C(O)C(O)C1O)NC(=O)CCCCCCCCCCCCCCCCCCCCCCCCCCCCCCCCC. The van der Waals surface area contributed by atoms with Gasteiger partial charge in [-0.3, -0.25) is 4.79 Å². The van der Waals surface area contributed by atoms with Crippen molar-refractivity contribution < 1.29 is 39.8 Å². The van der Waals surface area contributed by atoms with Crippen LogP contribution in [-0.2, 0) is 14.3 Å². The van der Waals surface area contributed by atoms with E-state index in [1.807, 2.05) is 0 Å². The highest BCUT2D eigenvalue weighted by Crippen LogP contribution is 2.24. The normalized spacial score (nSPS) is 17.9. The molecule has 0 aromatic heterocycles. The molecule has 0 aromatic carbocycles. The molecule has 1 aliphatic heterocycles. The van der Waals surface area contributed by atoms with Crippen molar-refractivity contribution in [3.8, 4) is 0 Å². The summed E-state index contributed by atoms with van der Waals surface area (Å²) in [5.41, 5.74) is 0. The zero-order valence-corrected chi connectivity index (χ0v) is 57.9. The zero-order valence-electron chi connectivity index (χ0n) is 57.9. The van der Waals surface area contributed by atoms with E-state index in [1.165, 1.54) is 366 Å². The molecular formula is C77H153NO8. The van der Waals surface area contributed by atoms with Gasteiger partial charge >= 0.3 is 0 Å². The van der Waals surface area contributed by atoms with E-state index in [1.54, 1.807) is 0 Å². The second kappa shape index (κ2) is 67.1. The fourth-order valence-electron chi connectivity index (χ4n) is 13.3. The maximum absolute atomic E-state index is 13.2. The van der Waals surface area contributed by atoms with Crippen LogP contribution < -0.4 is 5.32 Å². The van der Waals surface area contributed by atoms with Crippen LogP contribution in [0, 0.1) is 0 Å². The van der Waals surface area contributed by atoms with E-state index in [-0.39, 0.29) is 12.5 Å². The summed E-state index contributed by atoms with van der Waals surface area (Å²) >= 11 is 0. The van der Waals surface area contributed by atoms with Crippen molar-refractivity contribution in [2.75, 3.05) is 13.2 Å². The van der Waals surface area contributed by atoms with Gasteiger partial charge in [0, 0.05) is 6.42 Å². The molecule has 1 fully saturated rings. The number of rotatable bonds is 71. The van der Waals surface area contributed by atoms with Crippen LogP contribution in [-0.4, -0.2) is 87.5 Å². The van der Waals surface area contributed by atoms with Gasteiger partial charge in [0.1, 0.15) is 24.4 Å². The number of amides is 1. The van der Waals surface area contributed by atoms with Crippen LogP contribution in [0.4, 0.5) is 0 Å². The first kappa shape index (κ1) is 83.2. The highest BCUT2D eigenvalue weighted by atomic mass is 16.7. The lowest BCUT2D eigenvalue weighted by molar-refractivity contribution is -0.302. The molecule has 7 unspecified atom stereocenters. The molecule has 86 heavy (non-hydrogen) atoms. The fourth-order valence-corrected chi connectivity index (χ4v) is 13.3.